The topological polar surface area (TPSA) is 55.6 Å². The molecule has 0 fully saturated rings. The number of carbonyl (C=O) groups is 1. The summed E-state index contributed by atoms with van der Waals surface area (Å²) in [7, 11) is 1.53. The molecule has 30 heavy (non-hydrogen) atoms. The van der Waals surface area contributed by atoms with E-state index in [9.17, 15) is 18.0 Å². The summed E-state index contributed by atoms with van der Waals surface area (Å²) in [6.45, 7) is 0.447. The van der Waals surface area contributed by atoms with Crippen molar-refractivity contribution in [1.29, 1.82) is 0 Å². The van der Waals surface area contributed by atoms with Crippen molar-refractivity contribution in [3.63, 3.8) is 0 Å². The van der Waals surface area contributed by atoms with Gasteiger partial charge in [0.1, 0.15) is 12.3 Å². The zero-order valence-corrected chi connectivity index (χ0v) is 16.6. The van der Waals surface area contributed by atoms with Crippen molar-refractivity contribution in [3.05, 3.63) is 71.4 Å². The highest BCUT2D eigenvalue weighted by Crippen LogP contribution is 2.23. The molecule has 1 aromatic heterocycles. The Balaban J connectivity index is 1.75. The fourth-order valence-electron chi connectivity index (χ4n) is 2.92. The van der Waals surface area contributed by atoms with Gasteiger partial charge in [-0.05, 0) is 31.0 Å². The van der Waals surface area contributed by atoms with Crippen molar-refractivity contribution in [3.8, 4) is 17.1 Å². The monoisotopic (exact) mass is 418 g/mol. The maximum Gasteiger partial charge on any atom is 0.406 e. The van der Waals surface area contributed by atoms with Crippen LogP contribution in [-0.4, -0.2) is 42.3 Å². The van der Waals surface area contributed by atoms with Gasteiger partial charge in [-0.3, -0.25) is 4.79 Å². The van der Waals surface area contributed by atoms with Crippen LogP contribution in [0.5, 0.6) is 5.75 Å². The van der Waals surface area contributed by atoms with Gasteiger partial charge in [0.25, 0.3) is 5.91 Å². The lowest BCUT2D eigenvalue weighted by atomic mass is 10.1. The number of aromatic nitrogens is 1. The number of nitrogens with zero attached hydrogens (tertiary/aromatic N) is 2. The Kier molecular flexibility index (Phi) is 6.44. The summed E-state index contributed by atoms with van der Waals surface area (Å²) in [6.07, 6.45) is -4.27. The van der Waals surface area contributed by atoms with Gasteiger partial charge in [0, 0.05) is 18.2 Å². The quantitative estimate of drug-likeness (QED) is 0.547. The van der Waals surface area contributed by atoms with E-state index in [0.717, 1.165) is 16.0 Å². The minimum Gasteiger partial charge on any atom is -0.497 e. The first-order valence-electron chi connectivity index (χ1n) is 9.28. The third-order valence-corrected chi connectivity index (χ3v) is 4.55. The van der Waals surface area contributed by atoms with Crippen LogP contribution in [0.1, 0.15) is 21.6 Å². The molecule has 0 aliphatic rings. The van der Waals surface area contributed by atoms with Crippen LogP contribution in [0, 0.1) is 6.92 Å². The predicted molar refractivity (Wildman–Crippen MR) is 105 cm³/mol. The van der Waals surface area contributed by atoms with E-state index in [1.54, 1.807) is 36.4 Å². The van der Waals surface area contributed by atoms with Crippen LogP contribution in [0.3, 0.4) is 0 Å². The highest BCUT2D eigenvalue weighted by Gasteiger charge is 2.34. The molecule has 0 unspecified atom stereocenters. The fourth-order valence-corrected chi connectivity index (χ4v) is 2.92. The van der Waals surface area contributed by atoms with Gasteiger partial charge in [-0.1, -0.05) is 47.1 Å². The molecule has 8 heteroatoms. The Bertz CT molecular complexity index is 980. The van der Waals surface area contributed by atoms with Gasteiger partial charge in [0.2, 0.25) is 0 Å². The Labute approximate surface area is 172 Å². The molecule has 0 saturated heterocycles. The number of ether oxygens (including phenoxy) is 1. The van der Waals surface area contributed by atoms with Crippen LogP contribution in [0.2, 0.25) is 0 Å². The average molecular weight is 418 g/mol. The van der Waals surface area contributed by atoms with Crippen molar-refractivity contribution >= 4 is 5.91 Å². The molecule has 2 aromatic carbocycles. The number of benzene rings is 2. The SMILES string of the molecule is COc1ccc(CCN(CC(F)(F)F)C(=O)c2cc(-c3ccc(C)cc3)on2)cc1. The van der Waals surface area contributed by atoms with Crippen LogP contribution in [0.25, 0.3) is 11.3 Å². The van der Waals surface area contributed by atoms with E-state index in [4.69, 9.17) is 9.26 Å². The minimum atomic E-state index is -4.53. The van der Waals surface area contributed by atoms with E-state index < -0.39 is 18.6 Å². The van der Waals surface area contributed by atoms with E-state index in [1.807, 2.05) is 19.1 Å². The molecule has 3 rings (SSSR count). The van der Waals surface area contributed by atoms with Crippen molar-refractivity contribution in [1.82, 2.24) is 10.1 Å². The third kappa shape index (κ3) is 5.62. The first-order valence-corrected chi connectivity index (χ1v) is 9.28. The molecule has 0 radical (unpaired) electrons. The standard InChI is InChI=1S/C22H21F3N2O3/c1-15-3-7-17(8-4-15)20-13-19(26-30-20)21(28)27(14-22(23,24)25)12-11-16-5-9-18(29-2)10-6-16/h3-10,13H,11-12,14H2,1-2H3. The van der Waals surface area contributed by atoms with Crippen molar-refractivity contribution < 1.29 is 27.2 Å². The number of hydrogen-bond donors (Lipinski definition) is 0. The molecule has 1 amide bonds. The van der Waals surface area contributed by atoms with Gasteiger partial charge < -0.3 is 14.2 Å². The molecule has 0 atom stereocenters. The van der Waals surface area contributed by atoms with Gasteiger partial charge in [0.15, 0.2) is 11.5 Å². The molecule has 158 valence electrons. The fraction of sp³-hybridized carbons (Fsp3) is 0.273. The van der Waals surface area contributed by atoms with Gasteiger partial charge in [-0.25, -0.2) is 0 Å². The molecule has 0 aliphatic carbocycles. The maximum absolute atomic E-state index is 13.1. The van der Waals surface area contributed by atoms with E-state index in [1.165, 1.54) is 13.2 Å². The number of rotatable bonds is 7. The number of methoxy groups -OCH3 is 1. The second kappa shape index (κ2) is 9.02. The summed E-state index contributed by atoms with van der Waals surface area (Å²) in [5, 5.41) is 3.69. The summed E-state index contributed by atoms with van der Waals surface area (Å²) in [5.41, 5.74) is 2.36. The summed E-state index contributed by atoms with van der Waals surface area (Å²) >= 11 is 0. The van der Waals surface area contributed by atoms with Gasteiger partial charge in [0.05, 0.1) is 7.11 Å². The second-order valence-electron chi connectivity index (χ2n) is 6.88. The molecular weight excluding hydrogens is 397 g/mol. The normalized spacial score (nSPS) is 11.4. The Morgan fingerprint density at radius 1 is 1.10 bits per heavy atom. The van der Waals surface area contributed by atoms with Crippen LogP contribution in [0.15, 0.2) is 59.1 Å². The molecule has 0 N–H and O–H groups in total. The number of amides is 1. The average Bonchev–Trinajstić information content (AvgIpc) is 3.21. The van der Waals surface area contributed by atoms with Gasteiger partial charge in [-0.15, -0.1) is 0 Å². The molecule has 3 aromatic rings. The van der Waals surface area contributed by atoms with Crippen LogP contribution >= 0.6 is 0 Å². The smallest absolute Gasteiger partial charge is 0.406 e. The number of alkyl halides is 3. The molecule has 0 bridgehead atoms. The summed E-state index contributed by atoms with van der Waals surface area (Å²) in [6, 6.07) is 15.6. The first kappa shape index (κ1) is 21.4. The molecule has 5 nitrogen and oxygen atoms in total. The molecule has 0 saturated carbocycles. The highest BCUT2D eigenvalue weighted by molar-refractivity contribution is 5.93. The zero-order chi connectivity index (χ0) is 21.7. The largest absolute Gasteiger partial charge is 0.497 e. The number of halogens is 3. The van der Waals surface area contributed by atoms with Crippen molar-refractivity contribution in [2.45, 2.75) is 19.5 Å². The van der Waals surface area contributed by atoms with Crippen molar-refractivity contribution in [2.24, 2.45) is 0 Å². The van der Waals surface area contributed by atoms with E-state index in [-0.39, 0.29) is 18.7 Å². The molecule has 1 heterocycles. The van der Waals surface area contributed by atoms with Crippen LogP contribution in [-0.2, 0) is 6.42 Å². The number of carbonyl (C=O) groups excluding carboxylic acids is 1. The Morgan fingerprint density at radius 2 is 1.77 bits per heavy atom. The van der Waals surface area contributed by atoms with Gasteiger partial charge in [-0.2, -0.15) is 13.2 Å². The molecule has 0 aliphatic heterocycles. The summed E-state index contributed by atoms with van der Waals surface area (Å²) in [5.74, 6) is 0.136. The van der Waals surface area contributed by atoms with E-state index in [0.29, 0.717) is 17.1 Å². The van der Waals surface area contributed by atoms with Crippen LogP contribution in [0.4, 0.5) is 13.2 Å². The van der Waals surface area contributed by atoms with Crippen molar-refractivity contribution in [2.75, 3.05) is 20.2 Å². The Hall–Kier alpha value is -3.29. The van der Waals surface area contributed by atoms with E-state index >= 15 is 0 Å². The summed E-state index contributed by atoms with van der Waals surface area (Å²) in [4.78, 5) is 13.5. The minimum absolute atomic E-state index is 0.114. The maximum atomic E-state index is 13.1. The zero-order valence-electron chi connectivity index (χ0n) is 16.6. The summed E-state index contributed by atoms with van der Waals surface area (Å²) < 4.78 is 49.4. The number of hydrogen-bond acceptors (Lipinski definition) is 4. The number of aryl methyl sites for hydroxylation is 1. The lowest BCUT2D eigenvalue weighted by molar-refractivity contribution is -0.140. The molecule has 0 spiro atoms. The first-order chi connectivity index (χ1) is 14.2. The van der Waals surface area contributed by atoms with Crippen LogP contribution < -0.4 is 4.74 Å². The lowest BCUT2D eigenvalue weighted by Gasteiger charge is -2.23. The van der Waals surface area contributed by atoms with Gasteiger partial charge >= 0.3 is 6.18 Å². The highest BCUT2D eigenvalue weighted by atomic mass is 19.4. The Morgan fingerprint density at radius 3 is 2.37 bits per heavy atom. The second-order valence-corrected chi connectivity index (χ2v) is 6.88. The third-order valence-electron chi connectivity index (χ3n) is 4.55. The predicted octanol–water partition coefficient (Wildman–Crippen LogP) is 4.91. The lowest BCUT2D eigenvalue weighted by Crippen LogP contribution is -2.40. The molecular formula is C22H21F3N2O3. The van der Waals surface area contributed by atoms with E-state index in [2.05, 4.69) is 5.16 Å².